The van der Waals surface area contributed by atoms with E-state index in [0.717, 1.165) is 31.4 Å². The monoisotopic (exact) mass is 672 g/mol. The van der Waals surface area contributed by atoms with Gasteiger partial charge in [-0.2, -0.15) is 0 Å². The SMILES string of the molecule is O=C1N[C@]2(C(=O)NS(=O)(=O)C3CC3)C[C@@H]2/C=C\CCCCC[C@H](Nc2ccccc2)C(=O)N2C[C@H](Oc3cnc4ccccc4n3)C[C@@H]12. The Hall–Kier alpha value is -4.52. The molecule has 2 saturated carbocycles. The van der Waals surface area contributed by atoms with E-state index in [9.17, 15) is 22.8 Å². The summed E-state index contributed by atoms with van der Waals surface area (Å²) in [5, 5.41) is 5.72. The summed E-state index contributed by atoms with van der Waals surface area (Å²) in [7, 11) is -3.83. The Bertz CT molecular complexity index is 1830. The van der Waals surface area contributed by atoms with Crippen LogP contribution in [0.15, 0.2) is 72.9 Å². The lowest BCUT2D eigenvalue weighted by Crippen LogP contribution is -2.57. The van der Waals surface area contributed by atoms with Crippen LogP contribution < -0.4 is 20.1 Å². The van der Waals surface area contributed by atoms with Gasteiger partial charge in [0.15, 0.2) is 0 Å². The number of amides is 3. The molecule has 252 valence electrons. The fourth-order valence-electron chi connectivity index (χ4n) is 6.75. The van der Waals surface area contributed by atoms with Crippen LogP contribution >= 0.6 is 0 Å². The van der Waals surface area contributed by atoms with E-state index >= 15 is 0 Å². The highest BCUT2D eigenvalue weighted by atomic mass is 32.2. The molecule has 5 atom stereocenters. The highest BCUT2D eigenvalue weighted by molar-refractivity contribution is 7.91. The Balaban J connectivity index is 1.18. The number of allylic oxidation sites excluding steroid dienone is 1. The number of carbonyl (C=O) groups excluding carboxylic acids is 3. The van der Waals surface area contributed by atoms with Gasteiger partial charge in [-0.1, -0.05) is 55.3 Å². The molecule has 3 amide bonds. The van der Waals surface area contributed by atoms with Crippen molar-refractivity contribution < 1.29 is 27.5 Å². The summed E-state index contributed by atoms with van der Waals surface area (Å²) < 4.78 is 34.0. The highest BCUT2D eigenvalue weighted by Crippen LogP contribution is 2.46. The van der Waals surface area contributed by atoms with Gasteiger partial charge in [-0.3, -0.25) is 19.1 Å². The number of hydrogen-bond acceptors (Lipinski definition) is 9. The first kappa shape index (κ1) is 32.0. The van der Waals surface area contributed by atoms with E-state index in [1.165, 1.54) is 11.1 Å². The molecule has 3 N–H and O–H groups in total. The van der Waals surface area contributed by atoms with Crippen LogP contribution in [0.25, 0.3) is 11.0 Å². The molecular formula is C35H40N6O6S. The zero-order valence-corrected chi connectivity index (χ0v) is 27.4. The third-order valence-electron chi connectivity index (χ3n) is 9.67. The molecule has 7 rings (SSSR count). The summed E-state index contributed by atoms with van der Waals surface area (Å²) in [6.45, 7) is 0.122. The maximum absolute atomic E-state index is 14.4. The number of nitrogens with one attached hydrogen (secondary N) is 3. The molecule has 3 fully saturated rings. The van der Waals surface area contributed by atoms with Crippen LogP contribution in [-0.2, 0) is 24.4 Å². The van der Waals surface area contributed by atoms with Crippen molar-refractivity contribution in [2.45, 2.75) is 86.8 Å². The van der Waals surface area contributed by atoms with E-state index < -0.39 is 50.8 Å². The molecule has 4 aliphatic rings. The van der Waals surface area contributed by atoms with Crippen molar-refractivity contribution in [3.63, 3.8) is 0 Å². The zero-order valence-electron chi connectivity index (χ0n) is 26.6. The molecular weight excluding hydrogens is 632 g/mol. The van der Waals surface area contributed by atoms with Crippen LogP contribution in [0.4, 0.5) is 5.69 Å². The number of benzene rings is 2. The second-order valence-corrected chi connectivity index (χ2v) is 15.2. The number of hydrogen-bond donors (Lipinski definition) is 3. The predicted octanol–water partition coefficient (Wildman–Crippen LogP) is 3.46. The molecule has 0 bridgehead atoms. The first-order chi connectivity index (χ1) is 23.2. The number of rotatable bonds is 7. The minimum atomic E-state index is -3.83. The number of carbonyl (C=O) groups is 3. The van der Waals surface area contributed by atoms with Gasteiger partial charge in [0.05, 0.1) is 29.0 Å². The molecule has 2 aromatic carbocycles. The largest absolute Gasteiger partial charge is 0.471 e. The maximum Gasteiger partial charge on any atom is 0.259 e. The van der Waals surface area contributed by atoms with E-state index in [4.69, 9.17) is 4.74 Å². The van der Waals surface area contributed by atoms with Crippen molar-refractivity contribution in [3.8, 4) is 5.88 Å². The number of ether oxygens (including phenoxy) is 1. The number of fused-ring (bicyclic) bond motifs is 3. The fraction of sp³-hybridized carbons (Fsp3) is 0.457. The Morgan fingerprint density at radius 1 is 0.979 bits per heavy atom. The molecule has 0 unspecified atom stereocenters. The molecule has 3 aromatic rings. The van der Waals surface area contributed by atoms with Crippen LogP contribution in [0.3, 0.4) is 0 Å². The molecule has 2 aliphatic heterocycles. The van der Waals surface area contributed by atoms with Gasteiger partial charge in [-0.15, -0.1) is 0 Å². The van der Waals surface area contributed by atoms with Gasteiger partial charge in [-0.05, 0) is 62.8 Å². The van der Waals surface area contributed by atoms with Gasteiger partial charge in [0, 0.05) is 18.0 Å². The molecule has 1 saturated heterocycles. The summed E-state index contributed by atoms with van der Waals surface area (Å²) in [4.78, 5) is 52.8. The molecule has 12 nitrogen and oxygen atoms in total. The van der Waals surface area contributed by atoms with E-state index in [2.05, 4.69) is 25.3 Å². The molecule has 13 heteroatoms. The summed E-state index contributed by atoms with van der Waals surface area (Å²) in [5.41, 5.74) is 0.748. The summed E-state index contributed by atoms with van der Waals surface area (Å²) in [6, 6.07) is 15.3. The van der Waals surface area contributed by atoms with Crippen LogP contribution in [0.1, 0.15) is 57.8 Å². The summed E-state index contributed by atoms with van der Waals surface area (Å²) in [6.07, 6.45) is 10.2. The lowest BCUT2D eigenvalue weighted by Gasteiger charge is -2.30. The standard InChI is InChI=1S/C35H40N6O6S/c42-32-30-19-25(47-31-21-36-27-14-9-10-15-28(27)38-31)22-41(30)33(43)29(37-24-12-6-4-7-13-24)16-8-3-1-2-5-11-23-20-35(23,39-32)34(44)40-48(45,46)26-17-18-26/h4-7,9-15,21,23,25-26,29-30,37H,1-3,8,16-20,22H2,(H,39,42)(H,40,44)/b11-5-/t23-,25+,29-,30-,35+/m0/s1. The molecule has 48 heavy (non-hydrogen) atoms. The van der Waals surface area contributed by atoms with Gasteiger partial charge in [0.1, 0.15) is 23.7 Å². The van der Waals surface area contributed by atoms with Crippen LogP contribution in [0, 0.1) is 5.92 Å². The molecule has 0 spiro atoms. The molecule has 2 aliphatic carbocycles. The third-order valence-corrected chi connectivity index (χ3v) is 11.5. The Labute approximate surface area is 279 Å². The van der Waals surface area contributed by atoms with Crippen molar-refractivity contribution in [3.05, 3.63) is 72.9 Å². The maximum atomic E-state index is 14.4. The highest BCUT2D eigenvalue weighted by Gasteiger charge is 2.62. The molecule has 0 radical (unpaired) electrons. The first-order valence-electron chi connectivity index (χ1n) is 16.8. The van der Waals surface area contributed by atoms with Gasteiger partial charge in [0.2, 0.25) is 27.7 Å². The minimum Gasteiger partial charge on any atom is -0.471 e. The Kier molecular flexibility index (Phi) is 8.80. The summed E-state index contributed by atoms with van der Waals surface area (Å²) in [5.74, 6) is -1.59. The normalized spacial score (nSPS) is 28.6. The number of aromatic nitrogens is 2. The number of para-hydroxylation sites is 3. The van der Waals surface area contributed by atoms with Gasteiger partial charge >= 0.3 is 0 Å². The average Bonchev–Trinajstić information content (AvgIpc) is 4.01. The smallest absolute Gasteiger partial charge is 0.259 e. The third kappa shape index (κ3) is 6.87. The van der Waals surface area contributed by atoms with Crippen molar-refractivity contribution in [1.82, 2.24) is 24.9 Å². The van der Waals surface area contributed by atoms with Crippen LogP contribution in [0.5, 0.6) is 5.88 Å². The Morgan fingerprint density at radius 2 is 1.75 bits per heavy atom. The zero-order chi connectivity index (χ0) is 33.3. The summed E-state index contributed by atoms with van der Waals surface area (Å²) >= 11 is 0. The van der Waals surface area contributed by atoms with Gasteiger partial charge in [-0.25, -0.2) is 18.4 Å². The van der Waals surface area contributed by atoms with Crippen molar-refractivity contribution in [2.24, 2.45) is 5.92 Å². The number of anilines is 1. The van der Waals surface area contributed by atoms with E-state index in [-0.39, 0.29) is 37.1 Å². The molecule has 1 aromatic heterocycles. The number of nitrogens with zero attached hydrogens (tertiary/aromatic N) is 3. The lowest BCUT2D eigenvalue weighted by atomic mass is 10.0. The average molecular weight is 673 g/mol. The Morgan fingerprint density at radius 3 is 2.54 bits per heavy atom. The van der Waals surface area contributed by atoms with E-state index in [1.807, 2.05) is 66.7 Å². The first-order valence-corrected chi connectivity index (χ1v) is 18.3. The quantitative estimate of drug-likeness (QED) is 0.320. The fourth-order valence-corrected chi connectivity index (χ4v) is 8.11. The van der Waals surface area contributed by atoms with Crippen molar-refractivity contribution in [1.29, 1.82) is 0 Å². The molecule has 3 heterocycles. The van der Waals surface area contributed by atoms with E-state index in [0.29, 0.717) is 30.3 Å². The second-order valence-electron chi connectivity index (χ2n) is 13.3. The van der Waals surface area contributed by atoms with E-state index in [1.54, 1.807) is 0 Å². The lowest BCUT2D eigenvalue weighted by molar-refractivity contribution is -0.140. The van der Waals surface area contributed by atoms with Crippen LogP contribution in [0.2, 0.25) is 0 Å². The van der Waals surface area contributed by atoms with Crippen molar-refractivity contribution in [2.75, 3.05) is 11.9 Å². The minimum absolute atomic E-state index is 0.122. The number of sulfonamides is 1. The van der Waals surface area contributed by atoms with Gasteiger partial charge < -0.3 is 20.3 Å². The second kappa shape index (κ2) is 13.2. The van der Waals surface area contributed by atoms with Gasteiger partial charge in [0.25, 0.3) is 5.91 Å². The predicted molar refractivity (Wildman–Crippen MR) is 179 cm³/mol. The van der Waals surface area contributed by atoms with Crippen molar-refractivity contribution >= 4 is 44.5 Å². The van der Waals surface area contributed by atoms with Crippen LogP contribution in [-0.4, -0.2) is 76.5 Å². The topological polar surface area (TPSA) is 160 Å².